The molecule has 0 radical (unpaired) electrons. The number of likely N-dealkylation sites (tertiary alicyclic amines) is 2. The third kappa shape index (κ3) is 3.13. The summed E-state index contributed by atoms with van der Waals surface area (Å²) in [4.78, 5) is 17.4. The molecule has 0 aromatic carbocycles. The van der Waals surface area contributed by atoms with Crippen LogP contribution in [0.25, 0.3) is 0 Å². The van der Waals surface area contributed by atoms with Gasteiger partial charge in [-0.2, -0.15) is 0 Å². The molecule has 24 heavy (non-hydrogen) atoms. The van der Waals surface area contributed by atoms with E-state index in [9.17, 15) is 4.79 Å². The van der Waals surface area contributed by atoms with Gasteiger partial charge < -0.3 is 14.2 Å². The van der Waals surface area contributed by atoms with Gasteiger partial charge in [0.15, 0.2) is 0 Å². The molecule has 0 unspecified atom stereocenters. The molecular weight excluding hydrogens is 300 g/mol. The van der Waals surface area contributed by atoms with Crippen molar-refractivity contribution in [1.82, 2.24) is 9.80 Å². The van der Waals surface area contributed by atoms with Crippen LogP contribution in [0.4, 0.5) is 0 Å². The predicted octanol–water partition coefficient (Wildman–Crippen LogP) is 3.42. The fourth-order valence-corrected chi connectivity index (χ4v) is 4.74. The Morgan fingerprint density at radius 3 is 2.67 bits per heavy atom. The van der Waals surface area contributed by atoms with Gasteiger partial charge in [0, 0.05) is 37.4 Å². The van der Waals surface area contributed by atoms with E-state index in [0.29, 0.717) is 30.3 Å². The molecule has 1 saturated carbocycles. The highest BCUT2D eigenvalue weighted by molar-refractivity contribution is 5.77. The molecular formula is C20H30N2O2. The van der Waals surface area contributed by atoms with Gasteiger partial charge in [0.25, 0.3) is 0 Å². The molecule has 132 valence electrons. The molecule has 1 aromatic rings. The minimum Gasteiger partial charge on any atom is -0.466 e. The highest BCUT2D eigenvalue weighted by Gasteiger charge is 2.38. The number of carbonyl (C=O) groups excluding carboxylic acids is 1. The van der Waals surface area contributed by atoms with Crippen LogP contribution in [0.2, 0.25) is 0 Å². The number of hydrogen-bond donors (Lipinski definition) is 0. The molecule has 0 N–H and O–H groups in total. The SMILES string of the molecule is C[C@@H]1C[C@@H]1c1ccc(CCC(=O)N2CCC[C@@H]2[C@@H]2CCCN2C)o1. The molecule has 3 fully saturated rings. The third-order valence-electron chi connectivity index (χ3n) is 6.38. The largest absolute Gasteiger partial charge is 0.466 e. The first-order valence-electron chi connectivity index (χ1n) is 9.72. The minimum atomic E-state index is 0.315. The molecule has 4 rings (SSSR count). The fourth-order valence-electron chi connectivity index (χ4n) is 4.74. The monoisotopic (exact) mass is 330 g/mol. The van der Waals surface area contributed by atoms with Crippen LogP contribution in [-0.2, 0) is 11.2 Å². The quantitative estimate of drug-likeness (QED) is 0.830. The van der Waals surface area contributed by atoms with E-state index in [2.05, 4.69) is 35.9 Å². The van der Waals surface area contributed by atoms with Crippen LogP contribution in [0.5, 0.6) is 0 Å². The molecule has 2 saturated heterocycles. The van der Waals surface area contributed by atoms with E-state index < -0.39 is 0 Å². The number of furan rings is 1. The lowest BCUT2D eigenvalue weighted by molar-refractivity contribution is -0.133. The Kier molecular flexibility index (Phi) is 4.42. The van der Waals surface area contributed by atoms with E-state index in [1.807, 2.05) is 0 Å². The van der Waals surface area contributed by atoms with Gasteiger partial charge >= 0.3 is 0 Å². The number of carbonyl (C=O) groups is 1. The van der Waals surface area contributed by atoms with E-state index in [1.165, 1.54) is 32.2 Å². The van der Waals surface area contributed by atoms with Gasteiger partial charge in [0.1, 0.15) is 11.5 Å². The van der Waals surface area contributed by atoms with Crippen LogP contribution in [0, 0.1) is 5.92 Å². The van der Waals surface area contributed by atoms with Crippen molar-refractivity contribution >= 4 is 5.91 Å². The number of amides is 1. The molecule has 4 heteroatoms. The van der Waals surface area contributed by atoms with Gasteiger partial charge in [-0.1, -0.05) is 6.92 Å². The molecule has 1 aromatic heterocycles. The topological polar surface area (TPSA) is 36.7 Å². The average Bonchev–Trinajstić information content (AvgIpc) is 3.02. The zero-order valence-corrected chi connectivity index (χ0v) is 15.0. The smallest absolute Gasteiger partial charge is 0.223 e. The van der Waals surface area contributed by atoms with E-state index in [-0.39, 0.29) is 0 Å². The third-order valence-corrected chi connectivity index (χ3v) is 6.38. The van der Waals surface area contributed by atoms with Crippen molar-refractivity contribution in [3.63, 3.8) is 0 Å². The lowest BCUT2D eigenvalue weighted by Gasteiger charge is -2.33. The molecule has 0 bridgehead atoms. The predicted molar refractivity (Wildman–Crippen MR) is 93.9 cm³/mol. The Balaban J connectivity index is 1.32. The maximum Gasteiger partial charge on any atom is 0.223 e. The lowest BCUT2D eigenvalue weighted by Crippen LogP contribution is -2.47. The second-order valence-electron chi connectivity index (χ2n) is 8.11. The first kappa shape index (κ1) is 16.2. The van der Waals surface area contributed by atoms with Crippen molar-refractivity contribution in [3.05, 3.63) is 23.7 Å². The Morgan fingerprint density at radius 2 is 1.96 bits per heavy atom. The maximum atomic E-state index is 12.8. The minimum absolute atomic E-state index is 0.315. The first-order chi connectivity index (χ1) is 11.6. The average molecular weight is 330 g/mol. The highest BCUT2D eigenvalue weighted by atomic mass is 16.3. The van der Waals surface area contributed by atoms with Crippen LogP contribution < -0.4 is 0 Å². The van der Waals surface area contributed by atoms with Gasteiger partial charge in [0.05, 0.1) is 0 Å². The summed E-state index contributed by atoms with van der Waals surface area (Å²) in [6.45, 7) is 4.39. The Morgan fingerprint density at radius 1 is 1.21 bits per heavy atom. The fraction of sp³-hybridized carbons (Fsp3) is 0.750. The zero-order valence-electron chi connectivity index (χ0n) is 15.0. The number of hydrogen-bond acceptors (Lipinski definition) is 3. The van der Waals surface area contributed by atoms with E-state index in [1.54, 1.807) is 0 Å². The summed E-state index contributed by atoms with van der Waals surface area (Å²) in [6.07, 6.45) is 7.41. The van der Waals surface area contributed by atoms with Gasteiger partial charge in [-0.3, -0.25) is 4.79 Å². The second-order valence-corrected chi connectivity index (χ2v) is 8.11. The molecule has 1 aliphatic carbocycles. The summed E-state index contributed by atoms with van der Waals surface area (Å²) in [6, 6.07) is 5.19. The van der Waals surface area contributed by atoms with Gasteiger partial charge in [0.2, 0.25) is 5.91 Å². The number of likely N-dealkylation sites (N-methyl/N-ethyl adjacent to an activating group) is 1. The van der Waals surface area contributed by atoms with E-state index >= 15 is 0 Å². The Labute approximate surface area is 145 Å². The summed E-state index contributed by atoms with van der Waals surface area (Å²) in [7, 11) is 2.21. The van der Waals surface area contributed by atoms with Crippen LogP contribution in [0.1, 0.15) is 62.9 Å². The lowest BCUT2D eigenvalue weighted by atomic mass is 10.0. The molecule has 3 heterocycles. The Bertz CT molecular complexity index is 596. The van der Waals surface area contributed by atoms with Gasteiger partial charge in [-0.05, 0) is 63.7 Å². The second kappa shape index (κ2) is 6.55. The van der Waals surface area contributed by atoms with Crippen molar-refractivity contribution < 1.29 is 9.21 Å². The Hall–Kier alpha value is -1.29. The summed E-state index contributed by atoms with van der Waals surface area (Å²) < 4.78 is 5.96. The number of aryl methyl sites for hydroxylation is 1. The van der Waals surface area contributed by atoms with E-state index in [0.717, 1.165) is 36.8 Å². The molecule has 1 amide bonds. The van der Waals surface area contributed by atoms with E-state index in [4.69, 9.17) is 4.42 Å². The van der Waals surface area contributed by atoms with Crippen molar-refractivity contribution in [2.45, 2.75) is 69.9 Å². The molecule has 2 aliphatic heterocycles. The zero-order chi connectivity index (χ0) is 16.7. The van der Waals surface area contributed by atoms with Crippen LogP contribution in [0.15, 0.2) is 16.5 Å². The van der Waals surface area contributed by atoms with Crippen molar-refractivity contribution in [3.8, 4) is 0 Å². The van der Waals surface area contributed by atoms with Gasteiger partial charge in [-0.25, -0.2) is 0 Å². The normalized spacial score (nSPS) is 33.3. The number of rotatable bonds is 5. The standard InChI is InChI=1S/C20H30N2O2/c1-14-13-16(14)19-9-7-15(24-19)8-10-20(23)22-12-4-6-18(22)17-5-3-11-21(17)2/h7,9,14,16-18H,3-6,8,10-13H2,1-2H3/t14-,16+,17+,18-/m1/s1. The van der Waals surface area contributed by atoms with Gasteiger partial charge in [-0.15, -0.1) is 0 Å². The summed E-state index contributed by atoms with van der Waals surface area (Å²) >= 11 is 0. The molecule has 4 atom stereocenters. The maximum absolute atomic E-state index is 12.8. The van der Waals surface area contributed by atoms with Crippen LogP contribution in [-0.4, -0.2) is 47.9 Å². The summed E-state index contributed by atoms with van der Waals surface area (Å²) in [5, 5.41) is 0. The summed E-state index contributed by atoms with van der Waals surface area (Å²) in [5.74, 6) is 3.80. The first-order valence-corrected chi connectivity index (χ1v) is 9.72. The molecule has 3 aliphatic rings. The van der Waals surface area contributed by atoms with Crippen molar-refractivity contribution in [2.75, 3.05) is 20.1 Å². The van der Waals surface area contributed by atoms with Crippen LogP contribution in [0.3, 0.4) is 0 Å². The van der Waals surface area contributed by atoms with Crippen molar-refractivity contribution in [1.29, 1.82) is 0 Å². The van der Waals surface area contributed by atoms with Crippen LogP contribution >= 0.6 is 0 Å². The highest BCUT2D eigenvalue weighted by Crippen LogP contribution is 2.47. The number of nitrogens with zero attached hydrogens (tertiary/aromatic N) is 2. The summed E-state index contributed by atoms with van der Waals surface area (Å²) in [5.41, 5.74) is 0. The molecule has 4 nitrogen and oxygen atoms in total. The van der Waals surface area contributed by atoms with Crippen molar-refractivity contribution in [2.24, 2.45) is 5.92 Å². The molecule has 0 spiro atoms.